The number of rotatable bonds is 4. The predicted octanol–water partition coefficient (Wildman–Crippen LogP) is 4.37. The number of ether oxygens (including phenoxy) is 1. The minimum absolute atomic E-state index is 0. The van der Waals surface area contributed by atoms with Gasteiger partial charge in [-0.1, -0.05) is 0 Å². The topological polar surface area (TPSA) is 84.6 Å². The maximum absolute atomic E-state index is 11.1. The molecule has 0 aromatic heterocycles. The number of fused-ring (bicyclic) bond motifs is 1. The first-order valence-electron chi connectivity index (χ1n) is 7.66. The Kier molecular flexibility index (Phi) is 7.34. The average Bonchev–Trinajstić information content (AvgIpc) is 2.54. The van der Waals surface area contributed by atoms with Crippen LogP contribution in [0.1, 0.15) is 22.7 Å². The van der Waals surface area contributed by atoms with Crippen molar-refractivity contribution < 1.29 is 14.8 Å². The number of nitrogens with one attached hydrogen (secondary N) is 1. The minimum Gasteiger partial charge on any atom is -0.502 e. The summed E-state index contributed by atoms with van der Waals surface area (Å²) in [6, 6.07) is 7.16. The van der Waals surface area contributed by atoms with Crippen LogP contribution < -0.4 is 10.1 Å². The number of hydrogen-bond donors (Lipinski definition) is 2. The molecule has 26 heavy (non-hydrogen) atoms. The molecule has 0 radical (unpaired) electrons. The largest absolute Gasteiger partial charge is 0.502 e. The molecule has 140 valence electrons. The molecular weight excluding hydrogens is 585 g/mol. The van der Waals surface area contributed by atoms with Gasteiger partial charge in [-0.2, -0.15) is 0 Å². The number of aromatic hydroxyl groups is 1. The van der Waals surface area contributed by atoms with E-state index in [0.29, 0.717) is 6.42 Å². The summed E-state index contributed by atoms with van der Waals surface area (Å²) in [5.41, 5.74) is 2.74. The lowest BCUT2D eigenvalue weighted by atomic mass is 9.89. The molecule has 2 aromatic carbocycles. The van der Waals surface area contributed by atoms with Gasteiger partial charge in [0.15, 0.2) is 5.75 Å². The van der Waals surface area contributed by atoms with Gasteiger partial charge >= 0.3 is 5.69 Å². The maximum Gasteiger partial charge on any atom is 0.311 e. The molecule has 0 amide bonds. The van der Waals surface area contributed by atoms with Crippen molar-refractivity contribution in [2.24, 2.45) is 0 Å². The van der Waals surface area contributed by atoms with E-state index in [1.54, 1.807) is 7.11 Å². The Bertz CT molecular complexity index is 825. The zero-order valence-electron chi connectivity index (χ0n) is 13.8. The Hall–Kier alpha value is -0.850. The normalized spacial score (nSPS) is 15.7. The summed E-state index contributed by atoms with van der Waals surface area (Å²) in [6.45, 7) is 0.777. The Morgan fingerprint density at radius 2 is 1.96 bits per heavy atom. The highest BCUT2D eigenvalue weighted by Gasteiger charge is 2.26. The number of nitrogens with zero attached hydrogens (tertiary/aromatic N) is 1. The van der Waals surface area contributed by atoms with Gasteiger partial charge in [0.2, 0.25) is 0 Å². The zero-order chi connectivity index (χ0) is 18.1. The number of nitro benzene ring substituents is 1. The van der Waals surface area contributed by atoms with E-state index in [4.69, 9.17) is 4.74 Å². The molecule has 0 saturated carbocycles. The van der Waals surface area contributed by atoms with E-state index in [9.17, 15) is 15.2 Å². The fraction of sp³-hybridized carbons (Fsp3) is 0.294. The molecule has 9 heteroatoms. The molecule has 1 aliphatic heterocycles. The van der Waals surface area contributed by atoms with Crippen LogP contribution in [-0.4, -0.2) is 23.7 Å². The van der Waals surface area contributed by atoms with Crippen LogP contribution >= 0.6 is 57.6 Å². The van der Waals surface area contributed by atoms with E-state index in [0.717, 1.165) is 42.5 Å². The third-order valence-electron chi connectivity index (χ3n) is 4.30. The lowest BCUT2D eigenvalue weighted by Crippen LogP contribution is -2.31. The molecule has 6 nitrogen and oxygen atoms in total. The van der Waals surface area contributed by atoms with Crippen molar-refractivity contribution in [3.05, 3.63) is 58.2 Å². The van der Waals surface area contributed by atoms with Gasteiger partial charge in [0.1, 0.15) is 5.75 Å². The van der Waals surface area contributed by atoms with Crippen molar-refractivity contribution in [3.8, 4) is 11.5 Å². The highest BCUT2D eigenvalue weighted by Crippen LogP contribution is 2.36. The fourth-order valence-corrected chi connectivity index (χ4v) is 5.49. The van der Waals surface area contributed by atoms with Crippen molar-refractivity contribution in [3.63, 3.8) is 0 Å². The molecule has 1 unspecified atom stereocenters. The van der Waals surface area contributed by atoms with Gasteiger partial charge < -0.3 is 15.2 Å². The molecule has 2 N–H and O–H groups in total. The number of phenolic OH excluding ortho intramolecular Hbond substituents is 1. The molecule has 1 atom stereocenters. The molecule has 0 aliphatic carbocycles. The Labute approximate surface area is 184 Å². The minimum atomic E-state index is -0.541. The van der Waals surface area contributed by atoms with E-state index < -0.39 is 4.92 Å². The quantitative estimate of drug-likeness (QED) is 0.309. The van der Waals surface area contributed by atoms with Gasteiger partial charge in [-0.3, -0.25) is 10.1 Å². The molecule has 0 spiro atoms. The SMILES string of the molecule is COc1c(I)cc(CC2NCCc3cc(O)c([N+](=O)[O-])cc32)cc1I.Cl. The Morgan fingerprint density at radius 1 is 1.31 bits per heavy atom. The van der Waals surface area contributed by atoms with Crippen LogP contribution in [0, 0.1) is 17.3 Å². The second-order valence-electron chi connectivity index (χ2n) is 5.85. The summed E-state index contributed by atoms with van der Waals surface area (Å²) in [7, 11) is 1.66. The van der Waals surface area contributed by atoms with E-state index in [-0.39, 0.29) is 29.9 Å². The van der Waals surface area contributed by atoms with Crippen molar-refractivity contribution >= 4 is 63.3 Å². The molecular formula is C17H17ClI2N2O4. The third-order valence-corrected chi connectivity index (χ3v) is 5.90. The highest BCUT2D eigenvalue weighted by molar-refractivity contribution is 14.1. The van der Waals surface area contributed by atoms with Crippen molar-refractivity contribution in [2.45, 2.75) is 18.9 Å². The van der Waals surface area contributed by atoms with Crippen LogP contribution in [0.15, 0.2) is 24.3 Å². The zero-order valence-corrected chi connectivity index (χ0v) is 18.9. The first-order valence-corrected chi connectivity index (χ1v) is 9.82. The molecule has 3 rings (SSSR count). The fourth-order valence-electron chi connectivity index (χ4n) is 3.16. The summed E-state index contributed by atoms with van der Waals surface area (Å²) in [5.74, 6) is 0.598. The lowest BCUT2D eigenvalue weighted by Gasteiger charge is -2.27. The molecule has 0 saturated heterocycles. The van der Waals surface area contributed by atoms with Crippen molar-refractivity contribution in [2.75, 3.05) is 13.7 Å². The number of halogens is 3. The van der Waals surface area contributed by atoms with E-state index in [2.05, 4.69) is 62.6 Å². The Balaban J connectivity index is 0.00000243. The molecule has 1 aliphatic rings. The second-order valence-corrected chi connectivity index (χ2v) is 8.17. The van der Waals surface area contributed by atoms with Crippen molar-refractivity contribution in [1.29, 1.82) is 0 Å². The molecule has 0 fully saturated rings. The molecule has 1 heterocycles. The average molecular weight is 603 g/mol. The maximum atomic E-state index is 11.1. The van der Waals surface area contributed by atoms with Gasteiger partial charge in [-0.25, -0.2) is 0 Å². The van der Waals surface area contributed by atoms with Crippen LogP contribution in [0.4, 0.5) is 5.69 Å². The van der Waals surface area contributed by atoms with E-state index in [1.807, 2.05) is 0 Å². The van der Waals surface area contributed by atoms with Crippen LogP contribution in [0.25, 0.3) is 0 Å². The van der Waals surface area contributed by atoms with E-state index in [1.165, 1.54) is 12.1 Å². The third kappa shape index (κ3) is 4.34. The monoisotopic (exact) mass is 602 g/mol. The second kappa shape index (κ2) is 8.89. The predicted molar refractivity (Wildman–Crippen MR) is 119 cm³/mol. The van der Waals surface area contributed by atoms with Crippen LogP contribution in [-0.2, 0) is 12.8 Å². The summed E-state index contributed by atoms with van der Waals surface area (Å²) in [5, 5.41) is 24.4. The van der Waals surface area contributed by atoms with Gasteiger partial charge in [0.05, 0.1) is 19.2 Å². The standard InChI is InChI=1S/C17H16I2N2O4.ClH/c1-25-17-12(18)4-9(5-13(17)19)6-14-11-8-15(21(23)24)16(22)7-10(11)2-3-20-14;/h4-5,7-8,14,20,22H,2-3,6H2,1H3;1H. The number of phenols is 1. The van der Waals surface area contributed by atoms with Gasteiger partial charge in [-0.05, 0) is 99.5 Å². The first-order chi connectivity index (χ1) is 11.9. The summed E-state index contributed by atoms with van der Waals surface area (Å²) < 4.78 is 7.47. The number of nitro groups is 1. The van der Waals surface area contributed by atoms with Crippen LogP contribution in [0.3, 0.4) is 0 Å². The summed E-state index contributed by atoms with van der Waals surface area (Å²) >= 11 is 4.50. The first kappa shape index (κ1) is 21.5. The highest BCUT2D eigenvalue weighted by atomic mass is 127. The van der Waals surface area contributed by atoms with E-state index >= 15 is 0 Å². The van der Waals surface area contributed by atoms with Gasteiger partial charge in [0, 0.05) is 12.1 Å². The van der Waals surface area contributed by atoms with Crippen LogP contribution in [0.5, 0.6) is 11.5 Å². The van der Waals surface area contributed by atoms with Gasteiger partial charge in [-0.15, -0.1) is 12.4 Å². The lowest BCUT2D eigenvalue weighted by molar-refractivity contribution is -0.386. The smallest absolute Gasteiger partial charge is 0.311 e. The van der Waals surface area contributed by atoms with Crippen molar-refractivity contribution in [1.82, 2.24) is 5.32 Å². The number of benzene rings is 2. The van der Waals surface area contributed by atoms with Gasteiger partial charge in [0.25, 0.3) is 0 Å². The van der Waals surface area contributed by atoms with Crippen LogP contribution in [0.2, 0.25) is 0 Å². The molecule has 2 aromatic rings. The summed E-state index contributed by atoms with van der Waals surface area (Å²) in [6.07, 6.45) is 1.46. The Morgan fingerprint density at radius 3 is 2.54 bits per heavy atom. The number of methoxy groups -OCH3 is 1. The molecule has 0 bridgehead atoms. The summed E-state index contributed by atoms with van der Waals surface area (Å²) in [4.78, 5) is 10.6. The number of hydrogen-bond acceptors (Lipinski definition) is 5.